The Kier molecular flexibility index (Phi) is 5.44. The van der Waals surface area contributed by atoms with Crippen LogP contribution in [-0.2, 0) is 11.2 Å². The molecule has 0 heterocycles. The largest absolute Gasteiger partial charge is 0.321 e. The van der Waals surface area contributed by atoms with Crippen LogP contribution in [-0.4, -0.2) is 11.8 Å². The molecule has 2 nitrogen and oxygen atoms in total. The molecule has 0 aliphatic heterocycles. The lowest BCUT2D eigenvalue weighted by Gasteiger charge is -2.13. The maximum atomic E-state index is 11.9. The van der Waals surface area contributed by atoms with E-state index >= 15 is 0 Å². The molecule has 0 spiro atoms. The fraction of sp³-hybridized carbons (Fsp3) is 0.462. The second kappa shape index (κ2) is 6.39. The molecule has 94 valence electrons. The zero-order valence-corrected chi connectivity index (χ0v) is 11.6. The molecule has 1 unspecified atom stereocenters. The van der Waals surface area contributed by atoms with Gasteiger partial charge in [-0.1, -0.05) is 49.2 Å². The minimum Gasteiger partial charge on any atom is -0.321 e. The van der Waals surface area contributed by atoms with Crippen LogP contribution in [0, 0.1) is 5.92 Å². The molecule has 0 aromatic heterocycles. The second-order valence-corrected chi connectivity index (χ2v) is 5.38. The SMILES string of the molecule is CC(C)CC(N)C(=O)Cc1cccc(Cl)c1Cl. The van der Waals surface area contributed by atoms with Crippen molar-refractivity contribution in [2.75, 3.05) is 0 Å². The Morgan fingerprint density at radius 3 is 2.59 bits per heavy atom. The van der Waals surface area contributed by atoms with Gasteiger partial charge in [0.25, 0.3) is 0 Å². The van der Waals surface area contributed by atoms with Gasteiger partial charge in [-0.3, -0.25) is 4.79 Å². The Morgan fingerprint density at radius 2 is 2.00 bits per heavy atom. The van der Waals surface area contributed by atoms with Gasteiger partial charge in [-0.05, 0) is 24.0 Å². The van der Waals surface area contributed by atoms with E-state index in [1.165, 1.54) is 0 Å². The zero-order valence-electron chi connectivity index (χ0n) is 10.0. The van der Waals surface area contributed by atoms with E-state index in [2.05, 4.69) is 0 Å². The first-order valence-electron chi connectivity index (χ1n) is 5.63. The van der Waals surface area contributed by atoms with Gasteiger partial charge in [0, 0.05) is 6.42 Å². The second-order valence-electron chi connectivity index (χ2n) is 4.59. The minimum atomic E-state index is -0.426. The molecule has 4 heteroatoms. The number of hydrogen-bond donors (Lipinski definition) is 1. The maximum Gasteiger partial charge on any atom is 0.153 e. The maximum absolute atomic E-state index is 11.9. The van der Waals surface area contributed by atoms with Crippen molar-refractivity contribution in [1.29, 1.82) is 0 Å². The monoisotopic (exact) mass is 273 g/mol. The molecular weight excluding hydrogens is 257 g/mol. The first-order chi connectivity index (χ1) is 7.91. The molecule has 0 aliphatic rings. The standard InChI is InChI=1S/C13H17Cl2NO/c1-8(2)6-11(16)12(17)7-9-4-3-5-10(14)13(9)15/h3-5,8,11H,6-7,16H2,1-2H3. The van der Waals surface area contributed by atoms with E-state index in [-0.39, 0.29) is 12.2 Å². The predicted octanol–water partition coefficient (Wildman–Crippen LogP) is 3.48. The minimum absolute atomic E-state index is 0.00265. The van der Waals surface area contributed by atoms with Crippen molar-refractivity contribution in [1.82, 2.24) is 0 Å². The summed E-state index contributed by atoms with van der Waals surface area (Å²) in [5.74, 6) is 0.409. The highest BCUT2D eigenvalue weighted by Crippen LogP contribution is 2.26. The van der Waals surface area contributed by atoms with E-state index in [1.807, 2.05) is 13.8 Å². The Morgan fingerprint density at radius 1 is 1.35 bits per heavy atom. The van der Waals surface area contributed by atoms with E-state index in [4.69, 9.17) is 28.9 Å². The molecule has 0 saturated heterocycles. The summed E-state index contributed by atoms with van der Waals surface area (Å²) in [6.07, 6.45) is 0.935. The lowest BCUT2D eigenvalue weighted by Crippen LogP contribution is -2.33. The van der Waals surface area contributed by atoms with Crippen molar-refractivity contribution in [3.05, 3.63) is 33.8 Å². The number of halogens is 2. The number of rotatable bonds is 5. The van der Waals surface area contributed by atoms with Crippen molar-refractivity contribution in [3.63, 3.8) is 0 Å². The van der Waals surface area contributed by atoms with Crippen LogP contribution in [0.25, 0.3) is 0 Å². The summed E-state index contributed by atoms with van der Waals surface area (Å²) >= 11 is 11.9. The Hall–Kier alpha value is -0.570. The van der Waals surface area contributed by atoms with Gasteiger partial charge < -0.3 is 5.73 Å². The number of ketones is 1. The highest BCUT2D eigenvalue weighted by molar-refractivity contribution is 6.42. The first kappa shape index (κ1) is 14.5. The highest BCUT2D eigenvalue weighted by Gasteiger charge is 2.17. The third kappa shape index (κ3) is 4.30. The van der Waals surface area contributed by atoms with Gasteiger partial charge in [0.1, 0.15) is 0 Å². The summed E-state index contributed by atoms with van der Waals surface area (Å²) in [6.45, 7) is 4.08. The molecule has 0 aliphatic carbocycles. The number of carbonyl (C=O) groups excluding carboxylic acids is 1. The van der Waals surface area contributed by atoms with E-state index < -0.39 is 6.04 Å². The lowest BCUT2D eigenvalue weighted by molar-refractivity contribution is -0.120. The van der Waals surface area contributed by atoms with Crippen molar-refractivity contribution >= 4 is 29.0 Å². The summed E-state index contributed by atoms with van der Waals surface area (Å²) in [5, 5.41) is 0.911. The van der Waals surface area contributed by atoms with Crippen LogP contribution in [0.1, 0.15) is 25.8 Å². The van der Waals surface area contributed by atoms with Crippen molar-refractivity contribution < 1.29 is 4.79 Å². The predicted molar refractivity (Wildman–Crippen MR) is 72.6 cm³/mol. The van der Waals surface area contributed by atoms with Gasteiger partial charge in [0.2, 0.25) is 0 Å². The molecule has 0 amide bonds. The van der Waals surface area contributed by atoms with E-state index in [0.29, 0.717) is 22.4 Å². The smallest absolute Gasteiger partial charge is 0.153 e. The topological polar surface area (TPSA) is 43.1 Å². The van der Waals surface area contributed by atoms with Crippen LogP contribution < -0.4 is 5.73 Å². The molecule has 0 fully saturated rings. The Balaban J connectivity index is 2.71. The first-order valence-corrected chi connectivity index (χ1v) is 6.38. The van der Waals surface area contributed by atoms with Crippen LogP contribution in [0.3, 0.4) is 0 Å². The number of Topliss-reactive ketones (excluding diaryl/α,β-unsaturated/α-hetero) is 1. The third-order valence-electron chi connectivity index (χ3n) is 2.54. The van der Waals surface area contributed by atoms with Gasteiger partial charge in [-0.25, -0.2) is 0 Å². The van der Waals surface area contributed by atoms with Crippen molar-refractivity contribution in [3.8, 4) is 0 Å². The molecule has 1 atom stereocenters. The molecule has 17 heavy (non-hydrogen) atoms. The summed E-state index contributed by atoms with van der Waals surface area (Å²) in [6, 6.07) is 4.86. The summed E-state index contributed by atoms with van der Waals surface area (Å²) in [5.41, 5.74) is 6.57. The zero-order chi connectivity index (χ0) is 13.0. The third-order valence-corrected chi connectivity index (χ3v) is 3.39. The van der Waals surface area contributed by atoms with Gasteiger partial charge >= 0.3 is 0 Å². The number of carbonyl (C=O) groups is 1. The fourth-order valence-corrected chi connectivity index (χ4v) is 2.03. The van der Waals surface area contributed by atoms with Crippen LogP contribution >= 0.6 is 23.2 Å². The average molecular weight is 274 g/mol. The van der Waals surface area contributed by atoms with Crippen LogP contribution in [0.5, 0.6) is 0 Å². The number of hydrogen-bond acceptors (Lipinski definition) is 2. The average Bonchev–Trinajstić information content (AvgIpc) is 2.23. The van der Waals surface area contributed by atoms with Crippen molar-refractivity contribution in [2.45, 2.75) is 32.7 Å². The van der Waals surface area contributed by atoms with Crippen molar-refractivity contribution in [2.24, 2.45) is 11.7 Å². The highest BCUT2D eigenvalue weighted by atomic mass is 35.5. The van der Waals surface area contributed by atoms with Gasteiger partial charge in [-0.15, -0.1) is 0 Å². The summed E-state index contributed by atoms with van der Waals surface area (Å²) in [7, 11) is 0. The molecular formula is C13H17Cl2NO. The van der Waals surface area contributed by atoms with E-state index in [1.54, 1.807) is 18.2 Å². The van der Waals surface area contributed by atoms with E-state index in [0.717, 1.165) is 5.56 Å². The fourth-order valence-electron chi connectivity index (χ4n) is 1.64. The van der Waals surface area contributed by atoms with Crippen LogP contribution in [0.15, 0.2) is 18.2 Å². The van der Waals surface area contributed by atoms with E-state index in [9.17, 15) is 4.79 Å². The van der Waals surface area contributed by atoms with Crippen LogP contribution in [0.2, 0.25) is 10.0 Å². The molecule has 1 aromatic carbocycles. The van der Waals surface area contributed by atoms with Crippen LogP contribution in [0.4, 0.5) is 0 Å². The Bertz CT molecular complexity index is 404. The van der Waals surface area contributed by atoms with Gasteiger partial charge in [0.15, 0.2) is 5.78 Å². The Labute approximate surface area is 112 Å². The molecule has 0 bridgehead atoms. The quantitative estimate of drug-likeness (QED) is 0.893. The van der Waals surface area contributed by atoms with Gasteiger partial charge in [-0.2, -0.15) is 0 Å². The molecule has 1 aromatic rings. The lowest BCUT2D eigenvalue weighted by atomic mass is 9.97. The molecule has 1 rings (SSSR count). The summed E-state index contributed by atoms with van der Waals surface area (Å²) < 4.78 is 0. The van der Waals surface area contributed by atoms with Gasteiger partial charge in [0.05, 0.1) is 16.1 Å². The molecule has 0 saturated carbocycles. The number of benzene rings is 1. The summed E-state index contributed by atoms with van der Waals surface area (Å²) in [4.78, 5) is 11.9. The number of nitrogens with two attached hydrogens (primary N) is 1. The normalized spacial score (nSPS) is 12.8. The molecule has 0 radical (unpaired) electrons. The molecule has 2 N–H and O–H groups in total.